The van der Waals surface area contributed by atoms with Gasteiger partial charge in [-0.1, -0.05) is 47.1 Å². The van der Waals surface area contributed by atoms with Crippen LogP contribution < -0.4 is 10.2 Å². The molecule has 1 N–H and O–H groups in total. The van der Waals surface area contributed by atoms with Crippen molar-refractivity contribution in [3.05, 3.63) is 40.9 Å². The lowest BCUT2D eigenvalue weighted by Gasteiger charge is -2.21. The molecule has 20 heavy (non-hydrogen) atoms. The molecule has 1 aliphatic heterocycles. The number of nitrogens with one attached hydrogen (secondary N) is 1. The van der Waals surface area contributed by atoms with Gasteiger partial charge in [-0.25, -0.2) is 0 Å². The molecule has 0 amide bonds. The van der Waals surface area contributed by atoms with Crippen LogP contribution in [0.2, 0.25) is 0 Å². The Morgan fingerprint density at radius 1 is 1.20 bits per heavy atom. The van der Waals surface area contributed by atoms with Gasteiger partial charge in [0, 0.05) is 28.6 Å². The van der Waals surface area contributed by atoms with Gasteiger partial charge in [-0.15, -0.1) is 0 Å². The lowest BCUT2D eigenvalue weighted by Crippen LogP contribution is -2.26. The Hall–Kier alpha value is -1.06. The van der Waals surface area contributed by atoms with E-state index in [4.69, 9.17) is 0 Å². The predicted octanol–water partition coefficient (Wildman–Crippen LogP) is 4.04. The molecular formula is C17H21BrN2. The zero-order valence-corrected chi connectivity index (χ0v) is 13.5. The molecule has 1 saturated heterocycles. The Kier molecular flexibility index (Phi) is 4.27. The monoisotopic (exact) mass is 332 g/mol. The van der Waals surface area contributed by atoms with Gasteiger partial charge in [0.25, 0.3) is 0 Å². The zero-order valence-electron chi connectivity index (χ0n) is 11.9. The van der Waals surface area contributed by atoms with Crippen molar-refractivity contribution in [2.45, 2.75) is 13.3 Å². The lowest BCUT2D eigenvalue weighted by atomic mass is 10.1. The maximum atomic E-state index is 3.66. The van der Waals surface area contributed by atoms with Crippen molar-refractivity contribution in [3.63, 3.8) is 0 Å². The van der Waals surface area contributed by atoms with E-state index in [2.05, 4.69) is 69.5 Å². The van der Waals surface area contributed by atoms with Gasteiger partial charge < -0.3 is 10.2 Å². The Balaban J connectivity index is 1.86. The first kappa shape index (κ1) is 13.9. The fourth-order valence-electron chi connectivity index (χ4n) is 3.09. The van der Waals surface area contributed by atoms with E-state index < -0.39 is 0 Å². The summed E-state index contributed by atoms with van der Waals surface area (Å²) in [6.07, 6.45) is 1.29. The highest BCUT2D eigenvalue weighted by atomic mass is 79.9. The highest BCUT2D eigenvalue weighted by molar-refractivity contribution is 9.10. The maximum Gasteiger partial charge on any atom is 0.0446 e. The first-order valence-electron chi connectivity index (χ1n) is 7.42. The fraction of sp³-hybridized carbons (Fsp3) is 0.412. The average Bonchev–Trinajstić information content (AvgIpc) is 2.94. The van der Waals surface area contributed by atoms with E-state index in [1.54, 1.807) is 0 Å². The molecule has 0 aromatic heterocycles. The van der Waals surface area contributed by atoms with Crippen LogP contribution in [0.3, 0.4) is 0 Å². The van der Waals surface area contributed by atoms with E-state index in [0.717, 1.165) is 19.0 Å². The normalized spacial score (nSPS) is 18.9. The molecule has 3 rings (SSSR count). The number of hydrogen-bond acceptors (Lipinski definition) is 2. The number of halogens is 1. The molecule has 2 nitrogen and oxygen atoms in total. The van der Waals surface area contributed by atoms with Crippen molar-refractivity contribution in [2.24, 2.45) is 5.92 Å². The second kappa shape index (κ2) is 6.15. The first-order valence-corrected chi connectivity index (χ1v) is 8.22. The third-order valence-electron chi connectivity index (χ3n) is 4.16. The SMILES string of the molecule is CCNCC1CCN(c2ccc(Br)c3ccccc23)C1. The van der Waals surface area contributed by atoms with Crippen LogP contribution in [-0.4, -0.2) is 26.2 Å². The minimum absolute atomic E-state index is 0.775. The van der Waals surface area contributed by atoms with Crippen LogP contribution in [0.1, 0.15) is 13.3 Å². The number of rotatable bonds is 4. The molecule has 2 aromatic carbocycles. The molecular weight excluding hydrogens is 312 g/mol. The molecule has 1 fully saturated rings. The predicted molar refractivity (Wildman–Crippen MR) is 90.5 cm³/mol. The molecule has 1 aliphatic rings. The standard InChI is InChI=1S/C17H21BrN2/c1-2-19-11-13-9-10-20(12-13)17-8-7-16(18)14-5-3-4-6-15(14)17/h3-8,13,19H,2,9-12H2,1H3. The molecule has 0 aliphatic carbocycles. The number of fused-ring (bicyclic) bond motifs is 1. The van der Waals surface area contributed by atoms with Crippen molar-refractivity contribution >= 4 is 32.4 Å². The molecule has 106 valence electrons. The summed E-state index contributed by atoms with van der Waals surface area (Å²) in [5.74, 6) is 0.775. The van der Waals surface area contributed by atoms with Crippen LogP contribution in [0, 0.1) is 5.92 Å². The highest BCUT2D eigenvalue weighted by Crippen LogP contribution is 2.34. The van der Waals surface area contributed by atoms with Crippen molar-refractivity contribution in [1.29, 1.82) is 0 Å². The molecule has 2 aromatic rings. The fourth-order valence-corrected chi connectivity index (χ4v) is 3.57. The van der Waals surface area contributed by atoms with E-state index in [-0.39, 0.29) is 0 Å². The molecule has 0 saturated carbocycles. The van der Waals surface area contributed by atoms with Gasteiger partial charge in [-0.05, 0) is 42.9 Å². The smallest absolute Gasteiger partial charge is 0.0446 e. The second-order valence-corrected chi connectivity index (χ2v) is 6.37. The van der Waals surface area contributed by atoms with E-state index >= 15 is 0 Å². The number of nitrogens with zero attached hydrogens (tertiary/aromatic N) is 1. The zero-order chi connectivity index (χ0) is 13.9. The van der Waals surface area contributed by atoms with Crippen LogP contribution in [0.4, 0.5) is 5.69 Å². The minimum atomic E-state index is 0.775. The van der Waals surface area contributed by atoms with Gasteiger partial charge in [0.1, 0.15) is 0 Å². The summed E-state index contributed by atoms with van der Waals surface area (Å²) < 4.78 is 1.18. The van der Waals surface area contributed by atoms with Gasteiger partial charge in [0.15, 0.2) is 0 Å². The summed E-state index contributed by atoms with van der Waals surface area (Å²) in [7, 11) is 0. The number of benzene rings is 2. The van der Waals surface area contributed by atoms with Crippen molar-refractivity contribution in [3.8, 4) is 0 Å². The topological polar surface area (TPSA) is 15.3 Å². The molecule has 0 spiro atoms. The number of hydrogen-bond donors (Lipinski definition) is 1. The quantitative estimate of drug-likeness (QED) is 0.908. The largest absolute Gasteiger partial charge is 0.371 e. The summed E-state index contributed by atoms with van der Waals surface area (Å²) in [6.45, 7) is 6.72. The van der Waals surface area contributed by atoms with E-state index in [1.165, 1.54) is 40.4 Å². The van der Waals surface area contributed by atoms with Gasteiger partial charge >= 0.3 is 0 Å². The molecule has 1 atom stereocenters. The van der Waals surface area contributed by atoms with Gasteiger partial charge in [0.2, 0.25) is 0 Å². The molecule has 0 radical (unpaired) electrons. The summed E-state index contributed by atoms with van der Waals surface area (Å²) in [6, 6.07) is 13.1. The van der Waals surface area contributed by atoms with E-state index in [1.807, 2.05) is 0 Å². The highest BCUT2D eigenvalue weighted by Gasteiger charge is 2.23. The van der Waals surface area contributed by atoms with Crippen molar-refractivity contribution in [2.75, 3.05) is 31.1 Å². The van der Waals surface area contributed by atoms with Crippen LogP contribution >= 0.6 is 15.9 Å². The van der Waals surface area contributed by atoms with Crippen LogP contribution in [0.15, 0.2) is 40.9 Å². The Bertz CT molecular complexity index is 597. The molecule has 3 heteroatoms. The summed E-state index contributed by atoms with van der Waals surface area (Å²) >= 11 is 3.66. The maximum absolute atomic E-state index is 3.66. The Morgan fingerprint density at radius 2 is 2.00 bits per heavy atom. The average molecular weight is 333 g/mol. The van der Waals surface area contributed by atoms with Gasteiger partial charge in [-0.2, -0.15) is 0 Å². The van der Waals surface area contributed by atoms with Crippen LogP contribution in [0.25, 0.3) is 10.8 Å². The minimum Gasteiger partial charge on any atom is -0.371 e. The third-order valence-corrected chi connectivity index (χ3v) is 4.85. The van der Waals surface area contributed by atoms with E-state index in [9.17, 15) is 0 Å². The number of anilines is 1. The Labute approximate surface area is 129 Å². The molecule has 0 bridgehead atoms. The third kappa shape index (κ3) is 2.70. The van der Waals surface area contributed by atoms with Gasteiger partial charge in [0.05, 0.1) is 0 Å². The summed E-state index contributed by atoms with van der Waals surface area (Å²) in [5.41, 5.74) is 1.38. The Morgan fingerprint density at radius 3 is 2.80 bits per heavy atom. The van der Waals surface area contributed by atoms with Crippen molar-refractivity contribution < 1.29 is 0 Å². The molecule has 1 heterocycles. The lowest BCUT2D eigenvalue weighted by molar-refractivity contribution is 0.528. The van der Waals surface area contributed by atoms with Crippen LogP contribution in [0.5, 0.6) is 0 Å². The first-order chi connectivity index (χ1) is 9.79. The molecule has 1 unspecified atom stereocenters. The second-order valence-electron chi connectivity index (χ2n) is 5.52. The summed E-state index contributed by atoms with van der Waals surface area (Å²) in [4.78, 5) is 2.54. The van der Waals surface area contributed by atoms with E-state index in [0.29, 0.717) is 0 Å². The summed E-state index contributed by atoms with van der Waals surface area (Å²) in [5, 5.41) is 6.13. The van der Waals surface area contributed by atoms with Crippen LogP contribution in [-0.2, 0) is 0 Å². The van der Waals surface area contributed by atoms with Crippen molar-refractivity contribution in [1.82, 2.24) is 5.32 Å². The van der Waals surface area contributed by atoms with Gasteiger partial charge in [-0.3, -0.25) is 0 Å².